The summed E-state index contributed by atoms with van der Waals surface area (Å²) in [5.41, 5.74) is 3.84. The number of benzene rings is 1. The van der Waals surface area contributed by atoms with E-state index in [1.165, 1.54) is 15.6 Å². The Balaban J connectivity index is 0.00000169. The molecule has 4 rings (SSSR count). The molecule has 0 bridgehead atoms. The van der Waals surface area contributed by atoms with E-state index in [2.05, 4.69) is 33.0 Å². The topological polar surface area (TPSA) is 61.0 Å². The number of halogens is 1. The zero-order chi connectivity index (χ0) is 15.8. The molecule has 1 aromatic carbocycles. The molecule has 0 saturated carbocycles. The van der Waals surface area contributed by atoms with Crippen LogP contribution in [-0.4, -0.2) is 34.6 Å². The average molecular weight is 363 g/mol. The Morgan fingerprint density at radius 1 is 1.38 bits per heavy atom. The van der Waals surface area contributed by atoms with Gasteiger partial charge in [0.05, 0.1) is 0 Å². The van der Waals surface area contributed by atoms with E-state index < -0.39 is 0 Å². The van der Waals surface area contributed by atoms with Crippen LogP contribution in [0.25, 0.3) is 10.1 Å². The zero-order valence-corrected chi connectivity index (χ0v) is 15.0. The normalized spacial score (nSPS) is 13.4. The Morgan fingerprint density at radius 2 is 2.21 bits per heavy atom. The lowest BCUT2D eigenvalue weighted by Crippen LogP contribution is -2.29. The zero-order valence-electron chi connectivity index (χ0n) is 13.3. The number of aromatic amines is 1. The molecule has 7 heteroatoms. The molecule has 0 spiro atoms. The number of carbonyl (C=O) groups excluding carboxylic acids is 1. The highest BCUT2D eigenvalue weighted by molar-refractivity contribution is 7.17. The molecule has 3 aromatic rings. The second-order valence-electron chi connectivity index (χ2n) is 5.87. The first-order chi connectivity index (χ1) is 11.2. The van der Waals surface area contributed by atoms with Crippen LogP contribution in [0.5, 0.6) is 0 Å². The van der Waals surface area contributed by atoms with Gasteiger partial charge in [0.2, 0.25) is 0 Å². The van der Waals surface area contributed by atoms with Crippen molar-refractivity contribution in [3.63, 3.8) is 0 Å². The van der Waals surface area contributed by atoms with Crippen LogP contribution in [0.3, 0.4) is 0 Å². The number of aromatic nitrogens is 2. The highest BCUT2D eigenvalue weighted by atomic mass is 35.5. The third kappa shape index (κ3) is 2.92. The van der Waals surface area contributed by atoms with Gasteiger partial charge in [0, 0.05) is 49.1 Å². The molecule has 0 atom stereocenters. The van der Waals surface area contributed by atoms with Crippen molar-refractivity contribution < 1.29 is 4.79 Å². The van der Waals surface area contributed by atoms with Crippen molar-refractivity contribution in [2.24, 2.45) is 0 Å². The van der Waals surface area contributed by atoms with Crippen LogP contribution in [0.15, 0.2) is 29.6 Å². The molecule has 2 N–H and O–H groups in total. The Hall–Kier alpha value is -1.89. The Kier molecular flexibility index (Phi) is 4.89. The van der Waals surface area contributed by atoms with Crippen LogP contribution in [-0.2, 0) is 19.5 Å². The maximum atomic E-state index is 12.8. The molecular formula is C17H19ClN4OS. The van der Waals surface area contributed by atoms with Crippen molar-refractivity contribution in [2.75, 3.05) is 13.6 Å². The minimum Gasteiger partial charge on any atom is -0.336 e. The van der Waals surface area contributed by atoms with Gasteiger partial charge in [-0.3, -0.25) is 9.89 Å². The summed E-state index contributed by atoms with van der Waals surface area (Å²) in [5.74, 6) is -0.0264. The molecule has 1 aliphatic heterocycles. The molecule has 1 aliphatic rings. The van der Waals surface area contributed by atoms with Crippen molar-refractivity contribution in [1.29, 1.82) is 0 Å². The number of hydrogen-bond acceptors (Lipinski definition) is 4. The third-order valence-electron chi connectivity index (χ3n) is 4.32. The molecule has 0 radical (unpaired) electrons. The first-order valence-corrected chi connectivity index (χ1v) is 8.59. The number of amides is 1. The summed E-state index contributed by atoms with van der Waals surface area (Å²) in [7, 11) is 1.84. The summed E-state index contributed by atoms with van der Waals surface area (Å²) >= 11 is 1.72. The lowest BCUT2D eigenvalue weighted by molar-refractivity contribution is 0.0778. The van der Waals surface area contributed by atoms with Crippen LogP contribution in [0, 0.1) is 0 Å². The first-order valence-electron chi connectivity index (χ1n) is 7.71. The molecule has 0 aliphatic carbocycles. The number of nitrogens with zero attached hydrogens (tertiary/aromatic N) is 2. The van der Waals surface area contributed by atoms with Crippen molar-refractivity contribution >= 4 is 39.7 Å². The Bertz CT molecular complexity index is 872. The molecule has 0 fully saturated rings. The SMILES string of the molecule is CN(Cc1csc2ccccc12)C(=O)c1n[nH]c2c1CNCC2.Cl. The van der Waals surface area contributed by atoms with E-state index in [1.807, 2.05) is 19.2 Å². The number of fused-ring (bicyclic) bond motifs is 2. The highest BCUT2D eigenvalue weighted by Crippen LogP contribution is 2.27. The van der Waals surface area contributed by atoms with Crippen LogP contribution >= 0.6 is 23.7 Å². The summed E-state index contributed by atoms with van der Waals surface area (Å²) in [5, 5.41) is 13.9. The molecule has 5 nitrogen and oxygen atoms in total. The highest BCUT2D eigenvalue weighted by Gasteiger charge is 2.24. The molecule has 3 heterocycles. The number of nitrogens with one attached hydrogen (secondary N) is 2. The van der Waals surface area contributed by atoms with Gasteiger partial charge in [-0.25, -0.2) is 0 Å². The predicted octanol–water partition coefficient (Wildman–Crippen LogP) is 2.96. The van der Waals surface area contributed by atoms with E-state index in [1.54, 1.807) is 16.2 Å². The largest absolute Gasteiger partial charge is 0.336 e. The van der Waals surface area contributed by atoms with Gasteiger partial charge in [0.1, 0.15) is 0 Å². The van der Waals surface area contributed by atoms with Gasteiger partial charge in [0.25, 0.3) is 5.91 Å². The van der Waals surface area contributed by atoms with Crippen LogP contribution in [0.2, 0.25) is 0 Å². The van der Waals surface area contributed by atoms with Gasteiger partial charge >= 0.3 is 0 Å². The van der Waals surface area contributed by atoms with Gasteiger partial charge in [-0.15, -0.1) is 23.7 Å². The molecule has 1 amide bonds. The quantitative estimate of drug-likeness (QED) is 0.753. The number of rotatable bonds is 3. The van der Waals surface area contributed by atoms with Gasteiger partial charge in [-0.1, -0.05) is 18.2 Å². The fraction of sp³-hybridized carbons (Fsp3) is 0.294. The van der Waals surface area contributed by atoms with Crippen molar-refractivity contribution in [3.8, 4) is 0 Å². The van der Waals surface area contributed by atoms with Gasteiger partial charge in [-0.2, -0.15) is 5.10 Å². The summed E-state index contributed by atoms with van der Waals surface area (Å²) in [6.07, 6.45) is 0.897. The number of hydrogen-bond donors (Lipinski definition) is 2. The molecule has 126 valence electrons. The molecule has 2 aromatic heterocycles. The van der Waals surface area contributed by atoms with Gasteiger partial charge in [0.15, 0.2) is 5.69 Å². The summed E-state index contributed by atoms with van der Waals surface area (Å²) in [4.78, 5) is 14.5. The fourth-order valence-electron chi connectivity index (χ4n) is 3.07. The monoisotopic (exact) mass is 362 g/mol. The fourth-order valence-corrected chi connectivity index (χ4v) is 4.02. The molecule has 24 heavy (non-hydrogen) atoms. The maximum absolute atomic E-state index is 12.8. The second kappa shape index (κ2) is 6.93. The average Bonchev–Trinajstić information content (AvgIpc) is 3.19. The van der Waals surface area contributed by atoms with Crippen LogP contribution < -0.4 is 5.32 Å². The van der Waals surface area contributed by atoms with E-state index >= 15 is 0 Å². The van der Waals surface area contributed by atoms with Crippen LogP contribution in [0.4, 0.5) is 0 Å². The van der Waals surface area contributed by atoms with E-state index in [0.717, 1.165) is 24.2 Å². The Morgan fingerprint density at radius 3 is 3.08 bits per heavy atom. The number of carbonyl (C=O) groups is 1. The van der Waals surface area contributed by atoms with Crippen molar-refractivity contribution in [2.45, 2.75) is 19.5 Å². The minimum atomic E-state index is -0.0264. The standard InChI is InChI=1S/C17H18N4OS.ClH/c1-21(9-11-10-23-15-5-3-2-4-12(11)15)17(22)16-13-8-18-7-6-14(13)19-20-16;/h2-5,10,18H,6-9H2,1H3,(H,19,20);1H. The lowest BCUT2D eigenvalue weighted by atomic mass is 10.1. The summed E-state index contributed by atoms with van der Waals surface area (Å²) in [6, 6.07) is 8.30. The lowest BCUT2D eigenvalue weighted by Gasteiger charge is -2.18. The smallest absolute Gasteiger partial charge is 0.274 e. The second-order valence-corrected chi connectivity index (χ2v) is 6.79. The molecular weight excluding hydrogens is 344 g/mol. The predicted molar refractivity (Wildman–Crippen MR) is 98.9 cm³/mol. The molecule has 0 saturated heterocycles. The third-order valence-corrected chi connectivity index (χ3v) is 5.34. The van der Waals surface area contributed by atoms with E-state index in [4.69, 9.17) is 0 Å². The van der Waals surface area contributed by atoms with E-state index in [9.17, 15) is 4.79 Å². The first kappa shape index (κ1) is 17.0. The van der Waals surface area contributed by atoms with Gasteiger partial charge in [-0.05, 0) is 22.4 Å². The van der Waals surface area contributed by atoms with Crippen LogP contribution in [0.1, 0.15) is 27.3 Å². The minimum absolute atomic E-state index is 0. The number of thiophene rings is 1. The van der Waals surface area contributed by atoms with Gasteiger partial charge < -0.3 is 10.2 Å². The van der Waals surface area contributed by atoms with E-state index in [-0.39, 0.29) is 18.3 Å². The summed E-state index contributed by atoms with van der Waals surface area (Å²) < 4.78 is 1.25. The molecule has 0 unspecified atom stereocenters. The van der Waals surface area contributed by atoms with E-state index in [0.29, 0.717) is 18.8 Å². The van der Waals surface area contributed by atoms with Crippen molar-refractivity contribution in [3.05, 3.63) is 52.2 Å². The Labute approximate surface area is 150 Å². The maximum Gasteiger partial charge on any atom is 0.274 e. The summed E-state index contributed by atoms with van der Waals surface area (Å²) in [6.45, 7) is 2.24. The number of H-pyrrole nitrogens is 1. The van der Waals surface area contributed by atoms with Crippen molar-refractivity contribution in [1.82, 2.24) is 20.4 Å².